The first-order valence-corrected chi connectivity index (χ1v) is 20.3. The first-order valence-electron chi connectivity index (χ1n) is 18.3. The lowest BCUT2D eigenvalue weighted by molar-refractivity contribution is 0.232. The Bertz CT molecular complexity index is 894. The fraction of sp³-hybridized carbons (Fsp3) is 0.707. The Morgan fingerprint density at radius 1 is 0.512 bits per heavy atom. The van der Waals surface area contributed by atoms with E-state index in [-0.39, 0.29) is 5.04 Å². The van der Waals surface area contributed by atoms with Gasteiger partial charge in [-0.3, -0.25) is 0 Å². The van der Waals surface area contributed by atoms with Crippen LogP contribution in [0.15, 0.2) is 60.7 Å². The van der Waals surface area contributed by atoms with E-state index in [0.717, 1.165) is 24.4 Å². The van der Waals surface area contributed by atoms with Gasteiger partial charge >= 0.3 is 0 Å². The highest BCUT2D eigenvalue weighted by atomic mass is 28.4. The van der Waals surface area contributed by atoms with Gasteiger partial charge in [0.25, 0.3) is 8.32 Å². The molecule has 2 aromatic carbocycles. The lowest BCUT2D eigenvalue weighted by atomic mass is 9.90. The molecule has 0 aliphatic heterocycles. The fourth-order valence-electron chi connectivity index (χ4n) is 7.09. The van der Waals surface area contributed by atoms with Crippen LogP contribution in [0.5, 0.6) is 0 Å². The maximum absolute atomic E-state index is 7.20. The lowest BCUT2D eigenvalue weighted by Crippen LogP contribution is -2.66. The topological polar surface area (TPSA) is 9.23 Å². The molecular formula is C41H70OSi. The Morgan fingerprint density at radius 3 is 1.28 bits per heavy atom. The minimum absolute atomic E-state index is 0.0488. The highest BCUT2D eigenvalue weighted by molar-refractivity contribution is 6.99. The number of rotatable bonds is 23. The molecule has 0 N–H and O–H groups in total. The third-order valence-electron chi connectivity index (χ3n) is 9.98. The van der Waals surface area contributed by atoms with Crippen LogP contribution in [-0.2, 0) is 4.43 Å². The summed E-state index contributed by atoms with van der Waals surface area (Å²) in [7, 11) is -2.43. The third-order valence-corrected chi connectivity index (χ3v) is 15.0. The average Bonchev–Trinajstić information content (AvgIpc) is 2.98. The van der Waals surface area contributed by atoms with Crippen molar-refractivity contribution < 1.29 is 4.43 Å². The van der Waals surface area contributed by atoms with Gasteiger partial charge < -0.3 is 4.43 Å². The van der Waals surface area contributed by atoms with E-state index in [1.165, 1.54) is 107 Å². The average molecular weight is 607 g/mol. The number of hydrogen-bond donors (Lipinski definition) is 0. The second-order valence-corrected chi connectivity index (χ2v) is 19.7. The molecule has 4 atom stereocenters. The van der Waals surface area contributed by atoms with Gasteiger partial charge in [0.2, 0.25) is 0 Å². The smallest absolute Gasteiger partial charge is 0.261 e. The van der Waals surface area contributed by atoms with Crippen molar-refractivity contribution in [3.63, 3.8) is 0 Å². The van der Waals surface area contributed by atoms with Crippen LogP contribution in [0.25, 0.3) is 0 Å². The summed E-state index contributed by atoms with van der Waals surface area (Å²) >= 11 is 0. The molecule has 43 heavy (non-hydrogen) atoms. The molecule has 0 unspecified atom stereocenters. The van der Waals surface area contributed by atoms with Gasteiger partial charge in [0.05, 0.1) is 0 Å². The van der Waals surface area contributed by atoms with E-state index in [9.17, 15) is 0 Å². The molecule has 0 spiro atoms. The largest absolute Gasteiger partial charge is 0.407 e. The molecule has 2 rings (SSSR count). The zero-order valence-electron chi connectivity index (χ0n) is 29.8. The monoisotopic (exact) mass is 607 g/mol. The highest BCUT2D eigenvalue weighted by Crippen LogP contribution is 2.37. The van der Waals surface area contributed by atoms with Gasteiger partial charge in [-0.2, -0.15) is 0 Å². The Morgan fingerprint density at radius 2 is 0.884 bits per heavy atom. The molecule has 2 heteroatoms. The van der Waals surface area contributed by atoms with Crippen molar-refractivity contribution in [3.05, 3.63) is 60.7 Å². The van der Waals surface area contributed by atoms with Gasteiger partial charge in [-0.25, -0.2) is 0 Å². The second kappa shape index (κ2) is 20.6. The Kier molecular flexibility index (Phi) is 18.1. The van der Waals surface area contributed by atoms with Gasteiger partial charge in [-0.05, 0) is 45.5 Å². The van der Waals surface area contributed by atoms with Crippen molar-refractivity contribution in [2.75, 3.05) is 6.61 Å². The summed E-state index contributed by atoms with van der Waals surface area (Å²) in [5.74, 6) is 3.23. The summed E-state index contributed by atoms with van der Waals surface area (Å²) in [5, 5.41) is 2.82. The van der Waals surface area contributed by atoms with E-state index < -0.39 is 8.32 Å². The van der Waals surface area contributed by atoms with Crippen molar-refractivity contribution in [2.45, 2.75) is 157 Å². The zero-order chi connectivity index (χ0) is 31.6. The van der Waals surface area contributed by atoms with E-state index in [1.807, 2.05) is 0 Å². The molecule has 0 fully saturated rings. The summed E-state index contributed by atoms with van der Waals surface area (Å²) in [6.07, 6.45) is 21.0. The molecule has 0 aliphatic carbocycles. The lowest BCUT2D eigenvalue weighted by Gasteiger charge is -2.43. The van der Waals surface area contributed by atoms with Crippen molar-refractivity contribution in [3.8, 4) is 0 Å². The number of unbranched alkanes of at least 4 members (excludes halogenated alkanes) is 4. The zero-order valence-corrected chi connectivity index (χ0v) is 30.8. The molecular weight excluding hydrogens is 537 g/mol. The first-order chi connectivity index (χ1) is 20.6. The normalized spacial score (nSPS) is 15.3. The van der Waals surface area contributed by atoms with Crippen LogP contribution in [0.4, 0.5) is 0 Å². The first kappa shape index (κ1) is 37.8. The molecule has 0 aromatic heterocycles. The maximum Gasteiger partial charge on any atom is 0.261 e. The van der Waals surface area contributed by atoms with E-state index in [1.54, 1.807) is 0 Å². The third kappa shape index (κ3) is 13.6. The Balaban J connectivity index is 1.70. The predicted octanol–water partition coefficient (Wildman–Crippen LogP) is 12.0. The van der Waals surface area contributed by atoms with Gasteiger partial charge in [0, 0.05) is 6.61 Å². The molecule has 0 aliphatic rings. The molecule has 0 radical (unpaired) electrons. The molecule has 0 amide bonds. The summed E-state index contributed by atoms with van der Waals surface area (Å²) in [6, 6.07) is 22.2. The second-order valence-electron chi connectivity index (χ2n) is 15.4. The van der Waals surface area contributed by atoms with Crippen molar-refractivity contribution in [1.82, 2.24) is 0 Å². The van der Waals surface area contributed by atoms with Crippen LogP contribution in [0.2, 0.25) is 5.04 Å². The molecule has 0 saturated carbocycles. The van der Waals surface area contributed by atoms with Crippen molar-refractivity contribution >= 4 is 18.7 Å². The van der Waals surface area contributed by atoms with Crippen LogP contribution in [0, 0.1) is 23.7 Å². The highest BCUT2D eigenvalue weighted by Gasteiger charge is 2.50. The summed E-state index contributed by atoms with van der Waals surface area (Å²) in [4.78, 5) is 0. The van der Waals surface area contributed by atoms with Gasteiger partial charge in [-0.1, -0.05) is 206 Å². The van der Waals surface area contributed by atoms with Crippen molar-refractivity contribution in [1.29, 1.82) is 0 Å². The quantitative estimate of drug-likeness (QED) is 0.0903. The molecule has 2 aromatic rings. The molecule has 1 nitrogen and oxygen atoms in total. The molecule has 0 saturated heterocycles. The van der Waals surface area contributed by atoms with E-state index in [4.69, 9.17) is 4.43 Å². The molecule has 0 heterocycles. The fourth-order valence-corrected chi connectivity index (χ4v) is 11.8. The van der Waals surface area contributed by atoms with Crippen LogP contribution in [0.3, 0.4) is 0 Å². The minimum atomic E-state index is -2.43. The van der Waals surface area contributed by atoms with E-state index >= 15 is 0 Å². The van der Waals surface area contributed by atoms with E-state index in [2.05, 4.69) is 116 Å². The standard InChI is InChI=1S/C41H70OSi/c1-9-10-11-12-15-23-35(2)24-20-25-36(3)26-21-27-37(4)28-22-29-38(5)34-42-43(41(6,7)8,39-30-16-13-17-31-39)40-32-18-14-19-33-40/h13-14,16-19,30-33,35-38H,9-12,15,20-29,34H2,1-8H3/t35-,36-,37-,38-/m0/s1. The maximum atomic E-state index is 7.20. The van der Waals surface area contributed by atoms with Gasteiger partial charge in [-0.15, -0.1) is 0 Å². The van der Waals surface area contributed by atoms with Gasteiger partial charge in [0.15, 0.2) is 0 Å². The number of hydrogen-bond acceptors (Lipinski definition) is 1. The summed E-state index contributed by atoms with van der Waals surface area (Å²) in [5.41, 5.74) is 0. The van der Waals surface area contributed by atoms with E-state index in [0.29, 0.717) is 5.92 Å². The SMILES string of the molecule is CCCCCCC[C@H](C)CCC[C@H](C)CCC[C@H](C)CCC[C@H](C)CO[Si](c1ccccc1)(c1ccccc1)C(C)(C)C. The van der Waals surface area contributed by atoms with Crippen LogP contribution < -0.4 is 10.4 Å². The Labute approximate surface area is 270 Å². The van der Waals surface area contributed by atoms with Crippen LogP contribution in [-0.4, -0.2) is 14.9 Å². The molecule has 244 valence electrons. The van der Waals surface area contributed by atoms with Crippen LogP contribution >= 0.6 is 0 Å². The minimum Gasteiger partial charge on any atom is -0.407 e. The van der Waals surface area contributed by atoms with Crippen LogP contribution in [0.1, 0.15) is 152 Å². The predicted molar refractivity (Wildman–Crippen MR) is 195 cm³/mol. The summed E-state index contributed by atoms with van der Waals surface area (Å²) < 4.78 is 7.20. The number of benzene rings is 2. The Hall–Kier alpha value is -1.38. The summed E-state index contributed by atoms with van der Waals surface area (Å²) in [6.45, 7) is 20.1. The van der Waals surface area contributed by atoms with Gasteiger partial charge in [0.1, 0.15) is 0 Å². The molecule has 0 bridgehead atoms. The van der Waals surface area contributed by atoms with Crippen molar-refractivity contribution in [2.24, 2.45) is 23.7 Å².